The molecule has 0 heterocycles. The minimum atomic E-state index is 0.165. The fourth-order valence-corrected chi connectivity index (χ4v) is 2.10. The molecule has 0 aliphatic rings. The molecule has 2 aromatic rings. The Morgan fingerprint density at radius 2 is 1.29 bits per heavy atom. The maximum atomic E-state index is 9.35. The molecule has 132 valence electrons. The zero-order valence-corrected chi connectivity index (χ0v) is 14.2. The lowest BCUT2D eigenvalue weighted by Gasteiger charge is -2.05. The van der Waals surface area contributed by atoms with E-state index in [0.717, 1.165) is 24.0 Å². The van der Waals surface area contributed by atoms with Gasteiger partial charge in [0.15, 0.2) is 23.0 Å². The summed E-state index contributed by atoms with van der Waals surface area (Å²) in [6.07, 6.45) is 1.58. The first-order valence-corrected chi connectivity index (χ1v) is 7.67. The maximum Gasteiger partial charge on any atom is 0.160 e. The van der Waals surface area contributed by atoms with E-state index in [0.29, 0.717) is 24.6 Å². The molecule has 0 radical (unpaired) electrons. The fraction of sp³-hybridized carbons (Fsp3) is 0.333. The maximum absolute atomic E-state index is 9.35. The van der Waals surface area contributed by atoms with E-state index in [1.54, 1.807) is 24.3 Å². The van der Waals surface area contributed by atoms with Crippen LogP contribution in [0.1, 0.15) is 11.1 Å². The summed E-state index contributed by atoms with van der Waals surface area (Å²) in [5.41, 5.74) is 12.9. The molecule has 0 amide bonds. The minimum Gasteiger partial charge on any atom is -0.504 e. The van der Waals surface area contributed by atoms with Gasteiger partial charge in [-0.2, -0.15) is 0 Å². The number of phenolic OH excluding ortho intramolecular Hbond substituents is 2. The van der Waals surface area contributed by atoms with E-state index in [4.69, 9.17) is 20.9 Å². The Kier molecular flexibility index (Phi) is 8.46. The van der Waals surface area contributed by atoms with Crippen molar-refractivity contribution in [1.29, 1.82) is 0 Å². The monoisotopic (exact) mass is 334 g/mol. The first-order valence-electron chi connectivity index (χ1n) is 7.67. The van der Waals surface area contributed by atoms with E-state index < -0.39 is 0 Å². The van der Waals surface area contributed by atoms with Crippen LogP contribution in [0.15, 0.2) is 36.4 Å². The number of nitrogens with two attached hydrogens (primary N) is 2. The van der Waals surface area contributed by atoms with Crippen LogP contribution in [0.3, 0.4) is 0 Å². The quantitative estimate of drug-likeness (QED) is 0.641. The normalized spacial score (nSPS) is 9.83. The Labute approximate surface area is 142 Å². The lowest BCUT2D eigenvalue weighted by atomic mass is 10.1. The Morgan fingerprint density at radius 3 is 1.79 bits per heavy atom. The third-order valence-electron chi connectivity index (χ3n) is 3.35. The van der Waals surface area contributed by atoms with Gasteiger partial charge in [-0.3, -0.25) is 0 Å². The summed E-state index contributed by atoms with van der Waals surface area (Å²) in [6, 6.07) is 10.5. The molecule has 2 rings (SSSR count). The van der Waals surface area contributed by atoms with Crippen LogP contribution in [0.2, 0.25) is 0 Å². The highest BCUT2D eigenvalue weighted by Crippen LogP contribution is 2.26. The summed E-state index contributed by atoms with van der Waals surface area (Å²) in [6.45, 7) is 1.19. The number of aromatic hydroxyl groups is 2. The highest BCUT2D eigenvalue weighted by molar-refractivity contribution is 5.42. The topological polar surface area (TPSA) is 111 Å². The first kappa shape index (κ1) is 19.6. The second-order valence-corrected chi connectivity index (χ2v) is 5.09. The summed E-state index contributed by atoms with van der Waals surface area (Å²) >= 11 is 0. The van der Waals surface area contributed by atoms with Gasteiger partial charge in [-0.05, 0) is 61.3 Å². The highest BCUT2D eigenvalue weighted by atomic mass is 16.5. The molecule has 0 spiro atoms. The zero-order valence-electron chi connectivity index (χ0n) is 14.2. The molecule has 0 saturated carbocycles. The molecule has 0 bridgehead atoms. The second kappa shape index (κ2) is 10.4. The van der Waals surface area contributed by atoms with Crippen molar-refractivity contribution in [1.82, 2.24) is 0 Å². The summed E-state index contributed by atoms with van der Waals surface area (Å²) in [5.74, 6) is 1.33. The van der Waals surface area contributed by atoms with Crippen molar-refractivity contribution in [3.05, 3.63) is 47.5 Å². The van der Waals surface area contributed by atoms with Gasteiger partial charge in [0.1, 0.15) is 0 Å². The van der Waals surface area contributed by atoms with E-state index >= 15 is 0 Å². The third-order valence-corrected chi connectivity index (χ3v) is 3.35. The van der Waals surface area contributed by atoms with Crippen LogP contribution in [0, 0.1) is 0 Å². The lowest BCUT2D eigenvalue weighted by molar-refractivity contribution is 0.373. The van der Waals surface area contributed by atoms with Gasteiger partial charge in [0.05, 0.1) is 14.2 Å². The number of hydrogen-bond acceptors (Lipinski definition) is 6. The lowest BCUT2D eigenvalue weighted by Crippen LogP contribution is -2.02. The molecule has 0 aliphatic carbocycles. The summed E-state index contributed by atoms with van der Waals surface area (Å²) in [4.78, 5) is 0. The summed E-state index contributed by atoms with van der Waals surface area (Å²) in [5, 5.41) is 18.6. The molecular formula is C18H26N2O4. The molecule has 6 heteroatoms. The van der Waals surface area contributed by atoms with E-state index in [9.17, 15) is 10.2 Å². The predicted molar refractivity (Wildman–Crippen MR) is 94.8 cm³/mol. The van der Waals surface area contributed by atoms with E-state index in [2.05, 4.69) is 0 Å². The van der Waals surface area contributed by atoms with Gasteiger partial charge in [-0.1, -0.05) is 12.1 Å². The van der Waals surface area contributed by atoms with Crippen LogP contribution in [-0.4, -0.2) is 37.5 Å². The van der Waals surface area contributed by atoms with Gasteiger partial charge >= 0.3 is 0 Å². The van der Waals surface area contributed by atoms with Crippen LogP contribution in [0.5, 0.6) is 23.0 Å². The second-order valence-electron chi connectivity index (χ2n) is 5.09. The Bertz CT molecular complexity index is 632. The number of methoxy groups -OCH3 is 2. The van der Waals surface area contributed by atoms with Gasteiger partial charge < -0.3 is 31.2 Å². The van der Waals surface area contributed by atoms with E-state index in [-0.39, 0.29) is 11.5 Å². The molecule has 6 nitrogen and oxygen atoms in total. The van der Waals surface area contributed by atoms with Crippen LogP contribution in [-0.2, 0) is 12.8 Å². The Balaban J connectivity index is 0.000000240. The van der Waals surface area contributed by atoms with Crippen LogP contribution >= 0.6 is 0 Å². The van der Waals surface area contributed by atoms with Crippen molar-refractivity contribution in [2.45, 2.75) is 12.8 Å². The van der Waals surface area contributed by atoms with Crippen LogP contribution < -0.4 is 20.9 Å². The van der Waals surface area contributed by atoms with Crippen LogP contribution in [0.4, 0.5) is 0 Å². The highest BCUT2D eigenvalue weighted by Gasteiger charge is 2.01. The largest absolute Gasteiger partial charge is 0.504 e. The molecule has 0 saturated heterocycles. The zero-order chi connectivity index (χ0) is 17.9. The predicted octanol–water partition coefficient (Wildman–Crippen LogP) is 1.80. The van der Waals surface area contributed by atoms with Crippen molar-refractivity contribution in [2.24, 2.45) is 11.5 Å². The molecule has 0 unspecified atom stereocenters. The smallest absolute Gasteiger partial charge is 0.160 e. The number of ether oxygens (including phenoxy) is 2. The number of hydrogen-bond donors (Lipinski definition) is 4. The van der Waals surface area contributed by atoms with Crippen LogP contribution in [0.25, 0.3) is 0 Å². The SMILES string of the molecule is COc1cc(CCN)ccc1O.COc1ccc(CCN)cc1O. The number of rotatable bonds is 6. The number of phenols is 2. The van der Waals surface area contributed by atoms with Gasteiger partial charge in [-0.15, -0.1) is 0 Å². The standard InChI is InChI=1S/2C9H13NO2/c1-12-9-3-2-7(4-5-10)6-8(9)11;1-12-9-6-7(4-5-10)2-3-8(9)11/h2*2-3,6,11H,4-5,10H2,1H3. The van der Waals surface area contributed by atoms with Gasteiger partial charge in [-0.25, -0.2) is 0 Å². The molecule has 2 aromatic carbocycles. The molecule has 0 fully saturated rings. The van der Waals surface area contributed by atoms with E-state index in [1.165, 1.54) is 14.2 Å². The molecule has 0 aromatic heterocycles. The van der Waals surface area contributed by atoms with Gasteiger partial charge in [0, 0.05) is 0 Å². The average Bonchev–Trinajstić information content (AvgIpc) is 2.58. The third kappa shape index (κ3) is 5.98. The first-order chi connectivity index (χ1) is 11.5. The van der Waals surface area contributed by atoms with E-state index in [1.807, 2.05) is 12.1 Å². The number of benzene rings is 2. The molecule has 6 N–H and O–H groups in total. The van der Waals surface area contributed by atoms with Crippen molar-refractivity contribution in [3.8, 4) is 23.0 Å². The van der Waals surface area contributed by atoms with Crippen molar-refractivity contribution < 1.29 is 19.7 Å². The summed E-state index contributed by atoms with van der Waals surface area (Å²) < 4.78 is 9.84. The Morgan fingerprint density at radius 1 is 0.750 bits per heavy atom. The molecular weight excluding hydrogens is 308 g/mol. The fourth-order valence-electron chi connectivity index (χ4n) is 2.10. The average molecular weight is 334 g/mol. The molecule has 0 atom stereocenters. The van der Waals surface area contributed by atoms with Gasteiger partial charge in [0.25, 0.3) is 0 Å². The molecule has 24 heavy (non-hydrogen) atoms. The Hall–Kier alpha value is -2.44. The van der Waals surface area contributed by atoms with Crippen molar-refractivity contribution in [2.75, 3.05) is 27.3 Å². The molecule has 0 aliphatic heterocycles. The summed E-state index contributed by atoms with van der Waals surface area (Å²) in [7, 11) is 3.05. The van der Waals surface area contributed by atoms with Gasteiger partial charge in [0.2, 0.25) is 0 Å². The minimum absolute atomic E-state index is 0.165. The van der Waals surface area contributed by atoms with Crippen molar-refractivity contribution in [3.63, 3.8) is 0 Å². The van der Waals surface area contributed by atoms with Crippen molar-refractivity contribution >= 4 is 0 Å².